The number of rotatable bonds is 10. The number of nitrogens with one attached hydrogen (secondary N) is 1. The first-order valence-electron chi connectivity index (χ1n) is 9.79. The van der Waals surface area contributed by atoms with Gasteiger partial charge in [-0.05, 0) is 48.0 Å². The highest BCUT2D eigenvalue weighted by molar-refractivity contribution is 7.98. The van der Waals surface area contributed by atoms with E-state index in [0.29, 0.717) is 23.0 Å². The molecule has 0 aliphatic heterocycles. The van der Waals surface area contributed by atoms with E-state index < -0.39 is 10.0 Å². The van der Waals surface area contributed by atoms with Crippen LogP contribution in [0.5, 0.6) is 0 Å². The van der Waals surface area contributed by atoms with Crippen molar-refractivity contribution in [3.63, 3.8) is 0 Å². The number of hydrogen-bond acceptors (Lipinski definition) is 4. The molecule has 168 valence electrons. The van der Waals surface area contributed by atoms with Crippen molar-refractivity contribution in [2.75, 3.05) is 23.1 Å². The fourth-order valence-electron chi connectivity index (χ4n) is 2.89. The number of nitrogens with zero attached hydrogens (tertiary/aromatic N) is 1. The lowest BCUT2D eigenvalue weighted by Crippen LogP contribution is -2.41. The van der Waals surface area contributed by atoms with Crippen LogP contribution in [-0.4, -0.2) is 33.2 Å². The zero-order valence-electron chi connectivity index (χ0n) is 17.1. The van der Waals surface area contributed by atoms with E-state index >= 15 is 0 Å². The van der Waals surface area contributed by atoms with Gasteiger partial charge in [0, 0.05) is 28.1 Å². The number of amides is 1. The van der Waals surface area contributed by atoms with Gasteiger partial charge in [0.2, 0.25) is 5.91 Å². The fraction of sp³-hybridized carbons (Fsp3) is 0.174. The zero-order valence-corrected chi connectivity index (χ0v) is 20.2. The Labute approximate surface area is 202 Å². The Hall–Kier alpha value is -2.19. The first-order valence-corrected chi connectivity index (χ1v) is 13.1. The molecular formula is C23H22Cl2N2O3S2. The summed E-state index contributed by atoms with van der Waals surface area (Å²) in [5.41, 5.74) is 1.44. The molecule has 0 aliphatic rings. The molecule has 32 heavy (non-hydrogen) atoms. The molecule has 0 aromatic heterocycles. The van der Waals surface area contributed by atoms with E-state index in [9.17, 15) is 13.2 Å². The zero-order chi connectivity index (χ0) is 23.0. The standard InChI is InChI=1S/C23H22Cl2N2O3S2/c24-19-10-12-21(13-11-19)32(29,30)27(20-7-2-1-3-8-20)16-23(28)26-14-15-31-17-18-6-4-5-9-22(18)25/h1-13H,14-17H2,(H,26,28). The van der Waals surface area contributed by atoms with Gasteiger partial charge in [0.1, 0.15) is 6.54 Å². The minimum absolute atomic E-state index is 0.0637. The van der Waals surface area contributed by atoms with Crippen LogP contribution < -0.4 is 9.62 Å². The maximum atomic E-state index is 13.2. The molecule has 1 N–H and O–H groups in total. The maximum Gasteiger partial charge on any atom is 0.264 e. The predicted octanol–water partition coefficient (Wildman–Crippen LogP) is 5.24. The third-order valence-corrected chi connectivity index (χ3v) is 7.93. The summed E-state index contributed by atoms with van der Waals surface area (Å²) >= 11 is 13.7. The average Bonchev–Trinajstić information content (AvgIpc) is 2.79. The van der Waals surface area contributed by atoms with Crippen molar-refractivity contribution in [2.24, 2.45) is 0 Å². The summed E-state index contributed by atoms with van der Waals surface area (Å²) in [5, 5.41) is 3.95. The van der Waals surface area contributed by atoms with E-state index in [0.717, 1.165) is 20.6 Å². The molecule has 3 rings (SSSR count). The summed E-state index contributed by atoms with van der Waals surface area (Å²) in [4.78, 5) is 12.6. The first-order chi connectivity index (χ1) is 15.4. The highest BCUT2D eigenvalue weighted by Crippen LogP contribution is 2.24. The van der Waals surface area contributed by atoms with Crippen LogP contribution in [0.15, 0.2) is 83.8 Å². The molecule has 3 aromatic carbocycles. The molecule has 0 unspecified atom stereocenters. The average molecular weight is 509 g/mol. The lowest BCUT2D eigenvalue weighted by atomic mass is 10.2. The summed E-state index contributed by atoms with van der Waals surface area (Å²) in [6.07, 6.45) is 0. The molecule has 0 heterocycles. The van der Waals surface area contributed by atoms with Crippen molar-refractivity contribution in [1.29, 1.82) is 0 Å². The molecule has 0 atom stereocenters. The van der Waals surface area contributed by atoms with Crippen LogP contribution in [0.2, 0.25) is 10.0 Å². The molecule has 1 amide bonds. The van der Waals surface area contributed by atoms with Gasteiger partial charge in [0.15, 0.2) is 0 Å². The van der Waals surface area contributed by atoms with Crippen LogP contribution in [0.25, 0.3) is 0 Å². The molecule has 0 radical (unpaired) electrons. The normalized spacial score (nSPS) is 11.2. The van der Waals surface area contributed by atoms with Crippen molar-refractivity contribution in [3.05, 3.63) is 94.5 Å². The Morgan fingerprint density at radius 1 is 0.906 bits per heavy atom. The second kappa shape index (κ2) is 11.6. The minimum atomic E-state index is -3.95. The van der Waals surface area contributed by atoms with E-state index in [1.807, 2.05) is 24.3 Å². The maximum absolute atomic E-state index is 13.2. The molecule has 0 saturated carbocycles. The second-order valence-corrected chi connectivity index (χ2v) is 10.6. The molecule has 0 saturated heterocycles. The van der Waals surface area contributed by atoms with Crippen molar-refractivity contribution in [3.8, 4) is 0 Å². The third kappa shape index (κ3) is 6.65. The van der Waals surface area contributed by atoms with Gasteiger partial charge in [0.25, 0.3) is 10.0 Å². The van der Waals surface area contributed by atoms with Gasteiger partial charge in [-0.25, -0.2) is 8.42 Å². The van der Waals surface area contributed by atoms with E-state index in [-0.39, 0.29) is 17.3 Å². The van der Waals surface area contributed by atoms with Crippen LogP contribution >= 0.6 is 35.0 Å². The quantitative estimate of drug-likeness (QED) is 0.380. The van der Waals surface area contributed by atoms with Crippen LogP contribution in [0.4, 0.5) is 5.69 Å². The van der Waals surface area contributed by atoms with Gasteiger partial charge in [-0.3, -0.25) is 9.10 Å². The monoisotopic (exact) mass is 508 g/mol. The largest absolute Gasteiger partial charge is 0.354 e. The molecule has 0 fully saturated rings. The minimum Gasteiger partial charge on any atom is -0.354 e. The first kappa shape index (κ1) is 24.5. The lowest BCUT2D eigenvalue weighted by molar-refractivity contribution is -0.119. The fourth-order valence-corrected chi connectivity index (χ4v) is 5.58. The van der Waals surface area contributed by atoms with Gasteiger partial charge in [-0.15, -0.1) is 0 Å². The van der Waals surface area contributed by atoms with Crippen LogP contribution in [0, 0.1) is 0 Å². The number of halogens is 2. The van der Waals surface area contributed by atoms with E-state index in [1.165, 1.54) is 24.3 Å². The van der Waals surface area contributed by atoms with Crippen LogP contribution in [-0.2, 0) is 20.6 Å². The highest BCUT2D eigenvalue weighted by Gasteiger charge is 2.27. The summed E-state index contributed by atoms with van der Waals surface area (Å²) in [6.45, 7) is 0.0850. The van der Waals surface area contributed by atoms with Crippen molar-refractivity contribution in [2.45, 2.75) is 10.6 Å². The summed E-state index contributed by atoms with van der Waals surface area (Å²) < 4.78 is 27.6. The van der Waals surface area contributed by atoms with E-state index in [1.54, 1.807) is 42.1 Å². The predicted molar refractivity (Wildman–Crippen MR) is 133 cm³/mol. The third-order valence-electron chi connectivity index (χ3n) is 4.52. The molecular weight excluding hydrogens is 487 g/mol. The Bertz CT molecular complexity index is 1140. The Balaban J connectivity index is 1.62. The van der Waals surface area contributed by atoms with Crippen molar-refractivity contribution >= 4 is 56.6 Å². The highest BCUT2D eigenvalue weighted by atomic mass is 35.5. The van der Waals surface area contributed by atoms with E-state index in [2.05, 4.69) is 5.32 Å². The smallest absolute Gasteiger partial charge is 0.264 e. The molecule has 0 bridgehead atoms. The second-order valence-electron chi connectivity index (χ2n) is 6.80. The van der Waals surface area contributed by atoms with Gasteiger partial charge >= 0.3 is 0 Å². The number of hydrogen-bond donors (Lipinski definition) is 1. The van der Waals surface area contributed by atoms with Gasteiger partial charge in [0.05, 0.1) is 10.6 Å². The number of anilines is 1. The molecule has 9 heteroatoms. The number of thioether (sulfide) groups is 1. The van der Waals surface area contributed by atoms with E-state index in [4.69, 9.17) is 23.2 Å². The number of carbonyl (C=O) groups is 1. The van der Waals surface area contributed by atoms with Gasteiger partial charge in [-0.1, -0.05) is 59.6 Å². The van der Waals surface area contributed by atoms with Crippen LogP contribution in [0.1, 0.15) is 5.56 Å². The van der Waals surface area contributed by atoms with Crippen molar-refractivity contribution in [1.82, 2.24) is 5.32 Å². The molecule has 0 spiro atoms. The van der Waals surface area contributed by atoms with Crippen molar-refractivity contribution < 1.29 is 13.2 Å². The lowest BCUT2D eigenvalue weighted by Gasteiger charge is -2.24. The number of carbonyl (C=O) groups excluding carboxylic acids is 1. The number of para-hydroxylation sites is 1. The Kier molecular flexibility index (Phi) is 8.87. The summed E-state index contributed by atoms with van der Waals surface area (Å²) in [5.74, 6) is 1.02. The molecule has 5 nitrogen and oxygen atoms in total. The SMILES string of the molecule is O=C(CN(c1ccccc1)S(=O)(=O)c1ccc(Cl)cc1)NCCSCc1ccccc1Cl. The topological polar surface area (TPSA) is 66.5 Å². The van der Waals surface area contributed by atoms with Gasteiger partial charge in [-0.2, -0.15) is 11.8 Å². The number of sulfonamides is 1. The summed E-state index contributed by atoms with van der Waals surface area (Å²) in [6, 6.07) is 22.0. The van der Waals surface area contributed by atoms with Gasteiger partial charge < -0.3 is 5.32 Å². The Morgan fingerprint density at radius 2 is 1.56 bits per heavy atom. The molecule has 0 aliphatic carbocycles. The molecule has 3 aromatic rings. The summed E-state index contributed by atoms with van der Waals surface area (Å²) in [7, 11) is -3.95. The van der Waals surface area contributed by atoms with Crippen LogP contribution in [0.3, 0.4) is 0 Å². The number of benzene rings is 3. The Morgan fingerprint density at radius 3 is 2.25 bits per heavy atom.